The number of methoxy groups -OCH3 is 1. The Balaban J connectivity index is 1.12. The summed E-state index contributed by atoms with van der Waals surface area (Å²) in [5.41, 5.74) is 4.35. The number of hydrogen-bond donors (Lipinski definition) is 2. The summed E-state index contributed by atoms with van der Waals surface area (Å²) in [6, 6.07) is 13.4. The molecule has 1 amide bonds. The van der Waals surface area contributed by atoms with Crippen LogP contribution in [0.3, 0.4) is 0 Å². The summed E-state index contributed by atoms with van der Waals surface area (Å²) >= 11 is 14.2. The van der Waals surface area contributed by atoms with E-state index in [2.05, 4.69) is 31.6 Å². The van der Waals surface area contributed by atoms with Crippen LogP contribution in [0.5, 0.6) is 5.88 Å². The van der Waals surface area contributed by atoms with Gasteiger partial charge in [-0.2, -0.15) is 0 Å². The lowest BCUT2D eigenvalue weighted by molar-refractivity contribution is -0.179. The molecule has 0 bridgehead atoms. The van der Waals surface area contributed by atoms with Gasteiger partial charge in [0.2, 0.25) is 11.8 Å². The van der Waals surface area contributed by atoms with E-state index in [-0.39, 0.29) is 41.0 Å². The maximum atomic E-state index is 13.2. The van der Waals surface area contributed by atoms with E-state index in [0.29, 0.717) is 50.8 Å². The molecule has 8 rings (SSSR count). The highest BCUT2D eigenvalue weighted by Crippen LogP contribution is 2.47. The monoisotopic (exact) mass is 728 g/mol. The van der Waals surface area contributed by atoms with Gasteiger partial charge in [0.1, 0.15) is 29.2 Å². The Hall–Kier alpha value is -4.82. The maximum Gasteiger partial charge on any atom is 0.332 e. The molecule has 13 nitrogen and oxygen atoms in total. The summed E-state index contributed by atoms with van der Waals surface area (Å²) in [6.07, 6.45) is 1.78. The fourth-order valence-corrected chi connectivity index (χ4v) is 8.10. The Morgan fingerprint density at radius 3 is 2.43 bits per heavy atom. The first-order valence-corrected chi connectivity index (χ1v) is 17.3. The lowest BCUT2D eigenvalue weighted by atomic mass is 9.89. The molecule has 0 radical (unpaired) electrons. The number of ether oxygens (including phenoxy) is 2. The minimum Gasteiger partial charge on any atom is -0.481 e. The van der Waals surface area contributed by atoms with E-state index in [1.54, 1.807) is 27.1 Å². The van der Waals surface area contributed by atoms with Gasteiger partial charge < -0.3 is 20.1 Å². The van der Waals surface area contributed by atoms with Gasteiger partial charge in [-0.1, -0.05) is 53.5 Å². The van der Waals surface area contributed by atoms with Gasteiger partial charge in [-0.3, -0.25) is 23.6 Å². The van der Waals surface area contributed by atoms with Crippen LogP contribution in [0.25, 0.3) is 33.4 Å². The van der Waals surface area contributed by atoms with Crippen molar-refractivity contribution in [3.8, 4) is 28.3 Å². The molecule has 262 valence electrons. The molecule has 2 N–H and O–H groups in total. The lowest BCUT2D eigenvalue weighted by Crippen LogP contribution is -2.70. The van der Waals surface area contributed by atoms with Crippen LogP contribution in [-0.2, 0) is 30.0 Å². The summed E-state index contributed by atoms with van der Waals surface area (Å²) in [4.78, 5) is 53.6. The van der Waals surface area contributed by atoms with Crippen molar-refractivity contribution in [3.05, 3.63) is 90.3 Å². The number of morpholine rings is 1. The largest absolute Gasteiger partial charge is 0.481 e. The molecule has 3 aromatic heterocycles. The number of aryl methyl sites for hydroxylation is 3. The first-order valence-electron chi connectivity index (χ1n) is 16.5. The molecule has 2 fully saturated rings. The van der Waals surface area contributed by atoms with E-state index in [1.807, 2.05) is 30.3 Å². The molecule has 5 heterocycles. The summed E-state index contributed by atoms with van der Waals surface area (Å²) in [5.74, 6) is 1.09. The van der Waals surface area contributed by atoms with Gasteiger partial charge >= 0.3 is 5.69 Å². The summed E-state index contributed by atoms with van der Waals surface area (Å²) in [7, 11) is 4.60. The SMILES string of the molecule is COc1nc(-c2cccc(-c3cccc(Nc4nc(C)nc5c4c(=O)n(C)c(=O)n5C)c3Cl)c2Cl)cc2c1C(N1CC3(CNC(=O)CO3)C1)CC2. The first-order chi connectivity index (χ1) is 24.5. The summed E-state index contributed by atoms with van der Waals surface area (Å²) in [5, 5.41) is 7.14. The number of pyridine rings is 1. The Kier molecular flexibility index (Phi) is 8.13. The molecule has 1 aliphatic carbocycles. The van der Waals surface area contributed by atoms with Crippen molar-refractivity contribution in [1.29, 1.82) is 0 Å². The second-order valence-corrected chi connectivity index (χ2v) is 14.0. The zero-order valence-corrected chi connectivity index (χ0v) is 29.9. The highest BCUT2D eigenvalue weighted by atomic mass is 35.5. The fraction of sp³-hybridized carbons (Fsp3) is 0.333. The van der Waals surface area contributed by atoms with Gasteiger partial charge in [-0.15, -0.1) is 0 Å². The average Bonchev–Trinajstić information content (AvgIpc) is 3.53. The highest BCUT2D eigenvalue weighted by Gasteiger charge is 2.50. The Labute approximate surface area is 302 Å². The van der Waals surface area contributed by atoms with E-state index in [1.165, 1.54) is 11.6 Å². The zero-order valence-electron chi connectivity index (χ0n) is 28.3. The van der Waals surface area contributed by atoms with E-state index in [9.17, 15) is 14.4 Å². The standard InChI is InChI=1S/C36H34Cl2N8O5/c1-18-40-31(28-32(41-18)44(2)35(49)45(3)34(28)48)42-23-10-6-8-21(30(23)38)20-7-5-9-22(29(20)37)24-13-19-11-12-25(27(19)33(43-24)50-4)46-16-36(17-46)15-39-26(47)14-51-36/h5-10,13,25H,11-12,14-17H2,1-4H3,(H,39,47)(H,40,41,42). The molecule has 15 heteroatoms. The third-order valence-corrected chi connectivity index (χ3v) is 10.9. The molecule has 51 heavy (non-hydrogen) atoms. The number of carbonyl (C=O) groups excluding carboxylic acids is 1. The van der Waals surface area contributed by atoms with Crippen molar-refractivity contribution in [2.24, 2.45) is 14.1 Å². The topological polar surface area (TPSA) is 146 Å². The normalized spacial score (nSPS) is 18.1. The van der Waals surface area contributed by atoms with E-state index >= 15 is 0 Å². The van der Waals surface area contributed by atoms with Crippen molar-refractivity contribution < 1.29 is 14.3 Å². The van der Waals surface area contributed by atoms with Gasteiger partial charge in [0.05, 0.1) is 28.5 Å². The number of nitrogens with zero attached hydrogens (tertiary/aromatic N) is 6. The Bertz CT molecular complexity index is 2390. The quantitative estimate of drug-likeness (QED) is 0.260. The molecule has 2 aromatic carbocycles. The van der Waals surface area contributed by atoms with Gasteiger partial charge in [-0.25, -0.2) is 19.7 Å². The van der Waals surface area contributed by atoms with Crippen LogP contribution in [0.2, 0.25) is 10.0 Å². The van der Waals surface area contributed by atoms with Crippen LogP contribution in [0.15, 0.2) is 52.1 Å². The van der Waals surface area contributed by atoms with Gasteiger partial charge in [-0.05, 0) is 37.5 Å². The molecule has 3 aliphatic rings. The van der Waals surface area contributed by atoms with Crippen LogP contribution in [0.4, 0.5) is 11.5 Å². The van der Waals surface area contributed by atoms with E-state index in [0.717, 1.165) is 47.2 Å². The number of likely N-dealkylation sites (tertiary alicyclic amines) is 1. The number of rotatable bonds is 6. The molecule has 1 spiro atoms. The number of carbonyl (C=O) groups is 1. The van der Waals surface area contributed by atoms with Crippen LogP contribution < -0.4 is 26.6 Å². The smallest absolute Gasteiger partial charge is 0.332 e. The van der Waals surface area contributed by atoms with E-state index < -0.39 is 11.2 Å². The molecule has 2 saturated heterocycles. The number of amides is 1. The summed E-state index contributed by atoms with van der Waals surface area (Å²) in [6.45, 7) is 3.76. The van der Waals surface area contributed by atoms with Crippen molar-refractivity contribution in [3.63, 3.8) is 0 Å². The molecule has 1 unspecified atom stereocenters. The predicted molar refractivity (Wildman–Crippen MR) is 194 cm³/mol. The number of benzene rings is 2. The second kappa shape index (κ2) is 12.4. The molecule has 1 atom stereocenters. The van der Waals surface area contributed by atoms with Gasteiger partial charge in [0.15, 0.2) is 5.65 Å². The number of anilines is 2. The number of halogens is 2. The van der Waals surface area contributed by atoms with Crippen molar-refractivity contribution in [2.75, 3.05) is 38.7 Å². The molecule has 5 aromatic rings. The Morgan fingerprint density at radius 2 is 1.71 bits per heavy atom. The van der Waals surface area contributed by atoms with Gasteiger partial charge in [0, 0.05) is 62.0 Å². The Morgan fingerprint density at radius 1 is 0.980 bits per heavy atom. The molecule has 0 saturated carbocycles. The average molecular weight is 730 g/mol. The highest BCUT2D eigenvalue weighted by molar-refractivity contribution is 6.39. The van der Waals surface area contributed by atoms with Crippen LogP contribution in [0, 0.1) is 6.92 Å². The van der Waals surface area contributed by atoms with Crippen molar-refractivity contribution >= 4 is 51.6 Å². The third-order valence-electron chi connectivity index (χ3n) is 10.1. The number of fused-ring (bicyclic) bond motifs is 2. The maximum absolute atomic E-state index is 13.2. The minimum atomic E-state index is -0.524. The number of hydrogen-bond acceptors (Lipinski definition) is 10. The van der Waals surface area contributed by atoms with Crippen LogP contribution in [0.1, 0.15) is 29.4 Å². The third kappa shape index (κ3) is 5.46. The summed E-state index contributed by atoms with van der Waals surface area (Å²) < 4.78 is 14.1. The minimum absolute atomic E-state index is 0.0765. The zero-order chi connectivity index (χ0) is 35.8. The number of nitrogens with one attached hydrogen (secondary N) is 2. The van der Waals surface area contributed by atoms with Crippen LogP contribution in [-0.4, -0.2) is 73.8 Å². The van der Waals surface area contributed by atoms with Gasteiger partial charge in [0.25, 0.3) is 5.56 Å². The van der Waals surface area contributed by atoms with Crippen molar-refractivity contribution in [2.45, 2.75) is 31.4 Å². The first kappa shape index (κ1) is 33.3. The van der Waals surface area contributed by atoms with Crippen molar-refractivity contribution in [1.82, 2.24) is 34.3 Å². The molecular weight excluding hydrogens is 695 g/mol. The number of aromatic nitrogens is 5. The predicted octanol–water partition coefficient (Wildman–Crippen LogP) is 4.31. The second-order valence-electron chi connectivity index (χ2n) is 13.3. The molecule has 2 aliphatic heterocycles. The van der Waals surface area contributed by atoms with Crippen LogP contribution >= 0.6 is 23.2 Å². The van der Waals surface area contributed by atoms with E-state index in [4.69, 9.17) is 37.7 Å². The fourth-order valence-electron chi connectivity index (χ4n) is 7.50. The molecular formula is C36H34Cl2N8O5. The lowest BCUT2D eigenvalue weighted by Gasteiger charge is -2.53.